The summed E-state index contributed by atoms with van der Waals surface area (Å²) in [6, 6.07) is 0. The van der Waals surface area contributed by atoms with E-state index in [2.05, 4.69) is 15.3 Å². The fourth-order valence-electron chi connectivity index (χ4n) is 1.92. The molecule has 0 spiro atoms. The molecule has 124 valence electrons. The second-order valence-electron chi connectivity index (χ2n) is 4.96. The molecular formula is C14H31NaO5S. The predicted molar refractivity (Wildman–Crippen MR) is 86.9 cm³/mol. The van der Waals surface area contributed by atoms with Gasteiger partial charge in [-0.2, -0.15) is 8.42 Å². The van der Waals surface area contributed by atoms with Gasteiger partial charge >= 0.3 is 40.0 Å². The van der Waals surface area contributed by atoms with E-state index in [9.17, 15) is 8.42 Å². The van der Waals surface area contributed by atoms with Gasteiger partial charge in [-0.05, 0) is 6.42 Å². The standard InChI is InChI=1S/C14H30O5S.Na.H/c1-2-3-4-5-6-7-8-9-10-11-13-18-20(16,17)19-14-12-15;;/h15H,2-14H2,1H3;;. The van der Waals surface area contributed by atoms with Crippen molar-refractivity contribution in [1.82, 2.24) is 0 Å². The number of hydrogen-bond acceptors (Lipinski definition) is 5. The van der Waals surface area contributed by atoms with Crippen molar-refractivity contribution in [3.63, 3.8) is 0 Å². The average Bonchev–Trinajstić information content (AvgIpc) is 2.42. The third-order valence-corrected chi connectivity index (χ3v) is 3.96. The Morgan fingerprint density at radius 3 is 1.67 bits per heavy atom. The average molecular weight is 334 g/mol. The van der Waals surface area contributed by atoms with E-state index in [1.807, 2.05) is 0 Å². The first-order chi connectivity index (χ1) is 9.62. The third-order valence-electron chi connectivity index (χ3n) is 3.04. The summed E-state index contributed by atoms with van der Waals surface area (Å²) in [7, 11) is -3.91. The maximum atomic E-state index is 11.1. The van der Waals surface area contributed by atoms with E-state index in [0.717, 1.165) is 19.3 Å². The van der Waals surface area contributed by atoms with Gasteiger partial charge in [0.15, 0.2) is 0 Å². The van der Waals surface area contributed by atoms with Crippen LogP contribution in [0.15, 0.2) is 0 Å². The van der Waals surface area contributed by atoms with Crippen LogP contribution in [0.3, 0.4) is 0 Å². The predicted octanol–water partition coefficient (Wildman–Crippen LogP) is 2.53. The van der Waals surface area contributed by atoms with Crippen LogP contribution in [0, 0.1) is 0 Å². The number of unbranched alkanes of at least 4 members (excludes halogenated alkanes) is 9. The first kappa shape index (κ1) is 24.1. The second kappa shape index (κ2) is 17.2. The summed E-state index contributed by atoms with van der Waals surface area (Å²) in [5.41, 5.74) is 0. The topological polar surface area (TPSA) is 72.8 Å². The molecule has 0 saturated carbocycles. The van der Waals surface area contributed by atoms with E-state index in [1.54, 1.807) is 0 Å². The van der Waals surface area contributed by atoms with Crippen molar-refractivity contribution >= 4 is 40.0 Å². The summed E-state index contributed by atoms with van der Waals surface area (Å²) in [4.78, 5) is 0. The Morgan fingerprint density at radius 2 is 1.19 bits per heavy atom. The molecule has 7 heteroatoms. The van der Waals surface area contributed by atoms with E-state index < -0.39 is 10.4 Å². The number of aliphatic hydroxyl groups is 1. The Morgan fingerprint density at radius 1 is 0.762 bits per heavy atom. The van der Waals surface area contributed by atoms with Crippen LogP contribution in [0.1, 0.15) is 71.1 Å². The molecule has 0 saturated heterocycles. The van der Waals surface area contributed by atoms with Gasteiger partial charge in [0.1, 0.15) is 0 Å². The first-order valence-corrected chi connectivity index (χ1v) is 9.10. The Labute approximate surface area is 152 Å². The van der Waals surface area contributed by atoms with Crippen molar-refractivity contribution in [2.24, 2.45) is 0 Å². The van der Waals surface area contributed by atoms with Crippen LogP contribution < -0.4 is 0 Å². The molecule has 21 heavy (non-hydrogen) atoms. The Kier molecular flexibility index (Phi) is 19.7. The molecule has 0 aliphatic heterocycles. The number of rotatable bonds is 15. The fourth-order valence-corrected chi connectivity index (χ4v) is 2.59. The quantitative estimate of drug-likeness (QED) is 0.368. The first-order valence-electron chi connectivity index (χ1n) is 7.77. The zero-order valence-corrected chi connectivity index (χ0v) is 13.5. The van der Waals surface area contributed by atoms with Gasteiger partial charge in [0, 0.05) is 0 Å². The molecule has 0 radical (unpaired) electrons. The minimum absolute atomic E-state index is 0. The van der Waals surface area contributed by atoms with Gasteiger partial charge in [-0.25, -0.2) is 8.37 Å². The third kappa shape index (κ3) is 18.8. The summed E-state index contributed by atoms with van der Waals surface area (Å²) in [5.74, 6) is 0. The van der Waals surface area contributed by atoms with Crippen LogP contribution in [0.25, 0.3) is 0 Å². The monoisotopic (exact) mass is 334 g/mol. The molecule has 0 atom stereocenters. The van der Waals surface area contributed by atoms with E-state index >= 15 is 0 Å². The van der Waals surface area contributed by atoms with Gasteiger partial charge in [-0.3, -0.25) is 0 Å². The van der Waals surface area contributed by atoms with Crippen molar-refractivity contribution in [2.75, 3.05) is 19.8 Å². The molecule has 0 aromatic heterocycles. The molecule has 0 heterocycles. The van der Waals surface area contributed by atoms with E-state index in [0.29, 0.717) is 0 Å². The fraction of sp³-hybridized carbons (Fsp3) is 1.00. The zero-order valence-electron chi connectivity index (χ0n) is 12.7. The molecule has 0 aromatic rings. The van der Waals surface area contributed by atoms with E-state index in [-0.39, 0.29) is 49.4 Å². The van der Waals surface area contributed by atoms with Gasteiger partial charge in [-0.15, -0.1) is 0 Å². The van der Waals surface area contributed by atoms with Crippen LogP contribution in [-0.4, -0.2) is 62.9 Å². The van der Waals surface area contributed by atoms with Crippen molar-refractivity contribution in [3.8, 4) is 0 Å². The van der Waals surface area contributed by atoms with Crippen LogP contribution in [0.5, 0.6) is 0 Å². The molecule has 0 amide bonds. The molecule has 0 aliphatic rings. The molecule has 0 bridgehead atoms. The number of hydrogen-bond donors (Lipinski definition) is 1. The SMILES string of the molecule is CCCCCCCCCCCCOS(=O)(=O)OCCO.[NaH]. The van der Waals surface area contributed by atoms with Crippen molar-refractivity contribution in [2.45, 2.75) is 71.1 Å². The summed E-state index contributed by atoms with van der Waals surface area (Å²) < 4.78 is 31.2. The maximum absolute atomic E-state index is 11.1. The van der Waals surface area contributed by atoms with Crippen LogP contribution >= 0.6 is 0 Å². The summed E-state index contributed by atoms with van der Waals surface area (Å²) in [6.07, 6.45) is 11.9. The van der Waals surface area contributed by atoms with Gasteiger partial charge in [-0.1, -0.05) is 64.7 Å². The van der Waals surface area contributed by atoms with Crippen molar-refractivity contribution in [1.29, 1.82) is 0 Å². The van der Waals surface area contributed by atoms with Crippen LogP contribution in [-0.2, 0) is 18.8 Å². The Hall–Kier alpha value is 0.830. The summed E-state index contributed by atoms with van der Waals surface area (Å²) in [5, 5.41) is 8.44. The van der Waals surface area contributed by atoms with E-state index in [1.165, 1.54) is 44.9 Å². The molecular weight excluding hydrogens is 303 g/mol. The summed E-state index contributed by atoms with van der Waals surface area (Å²) in [6.45, 7) is 1.79. The Balaban J connectivity index is 0. The Bertz CT molecular complexity index is 296. The normalized spacial score (nSPS) is 11.3. The van der Waals surface area contributed by atoms with Crippen LogP contribution in [0.2, 0.25) is 0 Å². The van der Waals surface area contributed by atoms with Crippen molar-refractivity contribution in [3.05, 3.63) is 0 Å². The molecule has 0 aromatic carbocycles. The number of aliphatic hydroxyl groups excluding tert-OH is 1. The molecule has 0 unspecified atom stereocenters. The van der Waals surface area contributed by atoms with Gasteiger partial charge in [0.2, 0.25) is 0 Å². The van der Waals surface area contributed by atoms with Crippen LogP contribution in [0.4, 0.5) is 0 Å². The summed E-state index contributed by atoms with van der Waals surface area (Å²) >= 11 is 0. The minimum atomic E-state index is -3.91. The van der Waals surface area contributed by atoms with Gasteiger partial charge in [0.25, 0.3) is 0 Å². The van der Waals surface area contributed by atoms with Gasteiger partial charge in [0.05, 0.1) is 19.8 Å². The van der Waals surface area contributed by atoms with E-state index in [4.69, 9.17) is 5.11 Å². The molecule has 1 N–H and O–H groups in total. The molecule has 5 nitrogen and oxygen atoms in total. The van der Waals surface area contributed by atoms with Gasteiger partial charge < -0.3 is 5.11 Å². The second-order valence-corrected chi connectivity index (χ2v) is 6.25. The zero-order chi connectivity index (χ0) is 15.1. The molecule has 0 rings (SSSR count). The molecule has 0 aliphatic carbocycles. The molecule has 0 fully saturated rings. The van der Waals surface area contributed by atoms with Crippen molar-refractivity contribution < 1.29 is 21.9 Å².